The summed E-state index contributed by atoms with van der Waals surface area (Å²) in [6, 6.07) is 7.71. The van der Waals surface area contributed by atoms with Gasteiger partial charge in [-0.15, -0.1) is 0 Å². The van der Waals surface area contributed by atoms with Crippen LogP contribution in [-0.4, -0.2) is 17.6 Å². The molecule has 0 spiro atoms. The molecule has 4 nitrogen and oxygen atoms in total. The van der Waals surface area contributed by atoms with Crippen molar-refractivity contribution in [3.63, 3.8) is 0 Å². The summed E-state index contributed by atoms with van der Waals surface area (Å²) in [7, 11) is 0. The molecule has 0 amide bonds. The van der Waals surface area contributed by atoms with E-state index in [1.807, 2.05) is 38.1 Å². The van der Waals surface area contributed by atoms with Gasteiger partial charge in [0.1, 0.15) is 11.6 Å². The van der Waals surface area contributed by atoms with Crippen LogP contribution < -0.4 is 10.5 Å². The molecule has 5 heteroatoms. The fourth-order valence-corrected chi connectivity index (χ4v) is 1.76. The molecule has 0 aliphatic rings. The Morgan fingerprint density at radius 2 is 2.00 bits per heavy atom. The van der Waals surface area contributed by atoms with Crippen LogP contribution >= 0.6 is 15.9 Å². The largest absolute Gasteiger partial charge is 0.494 e. The standard InChI is InChI=1S/C13H19BrN2O2/c1-13(2,12(15)16-17)8-3-9-18-11-6-4-10(14)5-7-11/h4-7,17H,3,8-9H2,1-2H3,(H2,15,16). The summed E-state index contributed by atoms with van der Waals surface area (Å²) in [5.41, 5.74) is 5.31. The average Bonchev–Trinajstić information content (AvgIpc) is 2.35. The van der Waals surface area contributed by atoms with E-state index in [1.54, 1.807) is 0 Å². The van der Waals surface area contributed by atoms with E-state index in [0.717, 1.165) is 23.1 Å². The van der Waals surface area contributed by atoms with Crippen molar-refractivity contribution in [3.8, 4) is 5.75 Å². The van der Waals surface area contributed by atoms with E-state index in [9.17, 15) is 0 Å². The molecular formula is C13H19BrN2O2. The van der Waals surface area contributed by atoms with Gasteiger partial charge in [0, 0.05) is 9.89 Å². The second-order valence-corrected chi connectivity index (χ2v) is 5.69. The van der Waals surface area contributed by atoms with Gasteiger partial charge in [0.2, 0.25) is 0 Å². The number of benzene rings is 1. The molecule has 18 heavy (non-hydrogen) atoms. The topological polar surface area (TPSA) is 67.8 Å². The van der Waals surface area contributed by atoms with Gasteiger partial charge in [0.15, 0.2) is 0 Å². The molecule has 0 saturated carbocycles. The van der Waals surface area contributed by atoms with Crippen LogP contribution in [0.25, 0.3) is 0 Å². The lowest BCUT2D eigenvalue weighted by atomic mass is 9.87. The van der Waals surface area contributed by atoms with Gasteiger partial charge in [0.05, 0.1) is 6.61 Å². The first-order valence-electron chi connectivity index (χ1n) is 5.82. The molecule has 1 aromatic rings. The number of ether oxygens (including phenoxy) is 1. The number of nitrogens with two attached hydrogens (primary N) is 1. The fraction of sp³-hybridized carbons (Fsp3) is 0.462. The van der Waals surface area contributed by atoms with Crippen LogP contribution in [0.3, 0.4) is 0 Å². The molecule has 0 bridgehead atoms. The number of nitrogens with zero attached hydrogens (tertiary/aromatic N) is 1. The highest BCUT2D eigenvalue weighted by Gasteiger charge is 2.22. The molecule has 0 radical (unpaired) electrons. The Balaban J connectivity index is 2.33. The van der Waals surface area contributed by atoms with Gasteiger partial charge in [-0.3, -0.25) is 0 Å². The summed E-state index contributed by atoms with van der Waals surface area (Å²) in [6.45, 7) is 4.51. The van der Waals surface area contributed by atoms with E-state index in [2.05, 4.69) is 21.1 Å². The average molecular weight is 315 g/mol. The van der Waals surface area contributed by atoms with E-state index in [0.29, 0.717) is 6.61 Å². The van der Waals surface area contributed by atoms with Crippen molar-refractivity contribution in [2.24, 2.45) is 16.3 Å². The smallest absolute Gasteiger partial charge is 0.144 e. The van der Waals surface area contributed by atoms with Crippen LogP contribution in [0.5, 0.6) is 5.75 Å². The molecule has 1 rings (SSSR count). The third kappa shape index (κ3) is 4.56. The maximum atomic E-state index is 8.66. The molecule has 0 saturated heterocycles. The summed E-state index contributed by atoms with van der Waals surface area (Å²) >= 11 is 3.37. The minimum absolute atomic E-state index is 0.256. The van der Waals surface area contributed by atoms with Crippen LogP contribution in [0.2, 0.25) is 0 Å². The molecule has 1 aromatic carbocycles. The van der Waals surface area contributed by atoms with Crippen LogP contribution in [0.15, 0.2) is 33.9 Å². The van der Waals surface area contributed by atoms with Crippen molar-refractivity contribution < 1.29 is 9.94 Å². The lowest BCUT2D eigenvalue weighted by Crippen LogP contribution is -2.32. The number of rotatable bonds is 6. The quantitative estimate of drug-likeness (QED) is 0.278. The van der Waals surface area contributed by atoms with Gasteiger partial charge >= 0.3 is 0 Å². The third-order valence-corrected chi connectivity index (χ3v) is 3.36. The minimum atomic E-state index is -0.308. The first kappa shape index (κ1) is 14.8. The highest BCUT2D eigenvalue weighted by molar-refractivity contribution is 9.10. The summed E-state index contributed by atoms with van der Waals surface area (Å²) in [6.07, 6.45) is 1.65. The molecule has 3 N–H and O–H groups in total. The van der Waals surface area contributed by atoms with Gasteiger partial charge in [-0.25, -0.2) is 0 Å². The Bertz CT molecular complexity index is 402. The van der Waals surface area contributed by atoms with E-state index >= 15 is 0 Å². The summed E-state index contributed by atoms with van der Waals surface area (Å²) in [5, 5.41) is 11.7. The molecule has 0 heterocycles. The highest BCUT2D eigenvalue weighted by atomic mass is 79.9. The Labute approximate surface area is 116 Å². The predicted molar refractivity (Wildman–Crippen MR) is 76.1 cm³/mol. The molecule has 0 aromatic heterocycles. The van der Waals surface area contributed by atoms with Crippen molar-refractivity contribution in [2.75, 3.05) is 6.61 Å². The molecule has 0 unspecified atom stereocenters. The maximum absolute atomic E-state index is 8.66. The van der Waals surface area contributed by atoms with Gasteiger partial charge < -0.3 is 15.7 Å². The summed E-state index contributed by atoms with van der Waals surface area (Å²) in [4.78, 5) is 0. The zero-order valence-corrected chi connectivity index (χ0v) is 12.3. The summed E-state index contributed by atoms with van der Waals surface area (Å²) < 4.78 is 6.64. The predicted octanol–water partition coefficient (Wildman–Crippen LogP) is 3.38. The number of halogens is 1. The van der Waals surface area contributed by atoms with E-state index in [1.165, 1.54) is 0 Å². The Morgan fingerprint density at radius 1 is 1.39 bits per heavy atom. The monoisotopic (exact) mass is 314 g/mol. The van der Waals surface area contributed by atoms with E-state index in [4.69, 9.17) is 15.7 Å². The Kier molecular flexibility index (Phi) is 5.47. The molecule has 0 atom stereocenters. The van der Waals surface area contributed by atoms with Crippen molar-refractivity contribution in [1.82, 2.24) is 0 Å². The van der Waals surface area contributed by atoms with Crippen molar-refractivity contribution >= 4 is 21.8 Å². The first-order chi connectivity index (χ1) is 8.45. The number of hydrogen-bond donors (Lipinski definition) is 2. The zero-order chi connectivity index (χ0) is 13.6. The second-order valence-electron chi connectivity index (χ2n) is 4.78. The lowest BCUT2D eigenvalue weighted by Gasteiger charge is -2.22. The van der Waals surface area contributed by atoms with Gasteiger partial charge in [0.25, 0.3) is 0 Å². The van der Waals surface area contributed by atoms with Crippen molar-refractivity contribution in [2.45, 2.75) is 26.7 Å². The SMILES string of the molecule is CC(C)(CCCOc1ccc(Br)cc1)C(N)=NO. The van der Waals surface area contributed by atoms with Crippen LogP contribution in [-0.2, 0) is 0 Å². The molecule has 100 valence electrons. The number of amidine groups is 1. The van der Waals surface area contributed by atoms with E-state index in [-0.39, 0.29) is 11.3 Å². The summed E-state index contributed by atoms with van der Waals surface area (Å²) in [5.74, 6) is 1.10. The second kappa shape index (κ2) is 6.64. The number of oxime groups is 1. The van der Waals surface area contributed by atoms with Crippen LogP contribution in [0.1, 0.15) is 26.7 Å². The zero-order valence-electron chi connectivity index (χ0n) is 10.7. The van der Waals surface area contributed by atoms with Crippen molar-refractivity contribution in [3.05, 3.63) is 28.7 Å². The molecular weight excluding hydrogens is 296 g/mol. The third-order valence-electron chi connectivity index (χ3n) is 2.83. The van der Waals surface area contributed by atoms with Gasteiger partial charge in [-0.2, -0.15) is 0 Å². The Hall–Kier alpha value is -1.23. The molecule has 0 aliphatic carbocycles. The van der Waals surface area contributed by atoms with Gasteiger partial charge in [-0.1, -0.05) is 34.9 Å². The first-order valence-corrected chi connectivity index (χ1v) is 6.61. The fourth-order valence-electron chi connectivity index (χ4n) is 1.50. The molecule has 0 aliphatic heterocycles. The maximum Gasteiger partial charge on any atom is 0.144 e. The highest BCUT2D eigenvalue weighted by Crippen LogP contribution is 2.23. The lowest BCUT2D eigenvalue weighted by molar-refractivity contribution is 0.277. The van der Waals surface area contributed by atoms with Gasteiger partial charge in [-0.05, 0) is 37.1 Å². The van der Waals surface area contributed by atoms with Crippen LogP contribution in [0, 0.1) is 5.41 Å². The normalized spacial score (nSPS) is 12.5. The number of hydrogen-bond acceptors (Lipinski definition) is 3. The Morgan fingerprint density at radius 3 is 2.56 bits per heavy atom. The van der Waals surface area contributed by atoms with Crippen molar-refractivity contribution in [1.29, 1.82) is 0 Å². The minimum Gasteiger partial charge on any atom is -0.494 e. The van der Waals surface area contributed by atoms with E-state index < -0.39 is 0 Å². The molecule has 0 fully saturated rings. The van der Waals surface area contributed by atoms with Crippen LogP contribution in [0.4, 0.5) is 0 Å².